The molecule has 0 fully saturated rings. The van der Waals surface area contributed by atoms with Crippen molar-refractivity contribution in [1.82, 2.24) is 9.97 Å². The van der Waals surface area contributed by atoms with E-state index in [0.29, 0.717) is 11.0 Å². The van der Waals surface area contributed by atoms with Crippen LogP contribution >= 0.6 is 23.1 Å². The number of thiophene rings is 1. The van der Waals surface area contributed by atoms with E-state index < -0.39 is 0 Å². The standard InChI is InChI=1S/C21H18N4O2S2/c1-27-15-9-7-13(8-10-15)16-11-28-20-18(16)19(22)24-21(25-20)29-12-17(26)23-14-5-3-2-4-6-14/h2-11H,12H2,1H3,(H,23,26)(H2,22,24,25). The van der Waals surface area contributed by atoms with Crippen LogP contribution in [0.15, 0.2) is 65.1 Å². The average Bonchev–Trinajstić information content (AvgIpc) is 3.18. The number of aromatic nitrogens is 2. The first kappa shape index (κ1) is 19.2. The summed E-state index contributed by atoms with van der Waals surface area (Å²) in [7, 11) is 1.64. The average molecular weight is 423 g/mol. The van der Waals surface area contributed by atoms with Crippen LogP contribution in [0.2, 0.25) is 0 Å². The molecular weight excluding hydrogens is 404 g/mol. The Hall–Kier alpha value is -3.10. The van der Waals surface area contributed by atoms with Gasteiger partial charge in [0, 0.05) is 16.6 Å². The number of benzene rings is 2. The second kappa shape index (κ2) is 8.50. The Balaban J connectivity index is 1.51. The van der Waals surface area contributed by atoms with Crippen molar-refractivity contribution < 1.29 is 9.53 Å². The molecule has 6 nitrogen and oxygen atoms in total. The quantitative estimate of drug-likeness (QED) is 0.346. The van der Waals surface area contributed by atoms with E-state index in [2.05, 4.69) is 15.3 Å². The third kappa shape index (κ3) is 4.33. The number of thioether (sulfide) groups is 1. The maximum absolute atomic E-state index is 12.1. The molecule has 3 N–H and O–H groups in total. The zero-order chi connectivity index (χ0) is 20.2. The van der Waals surface area contributed by atoms with Crippen molar-refractivity contribution in [1.29, 1.82) is 0 Å². The highest BCUT2D eigenvalue weighted by atomic mass is 32.2. The lowest BCUT2D eigenvalue weighted by Gasteiger charge is -2.06. The van der Waals surface area contributed by atoms with Gasteiger partial charge in [-0.25, -0.2) is 9.97 Å². The molecule has 0 spiro atoms. The first-order valence-corrected chi connectivity index (χ1v) is 10.7. The van der Waals surface area contributed by atoms with Gasteiger partial charge in [0.25, 0.3) is 0 Å². The summed E-state index contributed by atoms with van der Waals surface area (Å²) in [5.41, 5.74) is 9.02. The number of nitrogens with zero attached hydrogens (tertiary/aromatic N) is 2. The second-order valence-electron chi connectivity index (χ2n) is 6.15. The van der Waals surface area contributed by atoms with Crippen molar-refractivity contribution in [3.8, 4) is 16.9 Å². The van der Waals surface area contributed by atoms with Crippen LogP contribution in [-0.4, -0.2) is 28.7 Å². The van der Waals surface area contributed by atoms with E-state index in [0.717, 1.165) is 32.8 Å². The van der Waals surface area contributed by atoms with Gasteiger partial charge in [-0.2, -0.15) is 0 Å². The number of hydrogen-bond donors (Lipinski definition) is 2. The summed E-state index contributed by atoms with van der Waals surface area (Å²) in [6.07, 6.45) is 0. The number of amides is 1. The van der Waals surface area contributed by atoms with Gasteiger partial charge in [0.2, 0.25) is 5.91 Å². The largest absolute Gasteiger partial charge is 0.497 e. The Kier molecular flexibility index (Phi) is 5.64. The van der Waals surface area contributed by atoms with Crippen molar-refractivity contribution in [2.75, 3.05) is 23.9 Å². The van der Waals surface area contributed by atoms with E-state index in [1.54, 1.807) is 7.11 Å². The van der Waals surface area contributed by atoms with Gasteiger partial charge < -0.3 is 15.8 Å². The number of nitrogen functional groups attached to an aromatic ring is 1. The van der Waals surface area contributed by atoms with E-state index in [4.69, 9.17) is 10.5 Å². The Morgan fingerprint density at radius 3 is 2.62 bits per heavy atom. The fraction of sp³-hybridized carbons (Fsp3) is 0.0952. The van der Waals surface area contributed by atoms with Gasteiger partial charge in [-0.1, -0.05) is 42.1 Å². The summed E-state index contributed by atoms with van der Waals surface area (Å²) in [5, 5.41) is 6.19. The van der Waals surface area contributed by atoms with E-state index >= 15 is 0 Å². The molecule has 0 saturated carbocycles. The van der Waals surface area contributed by atoms with Crippen molar-refractivity contribution in [3.63, 3.8) is 0 Å². The maximum Gasteiger partial charge on any atom is 0.234 e. The predicted octanol–water partition coefficient (Wildman–Crippen LogP) is 4.68. The predicted molar refractivity (Wildman–Crippen MR) is 120 cm³/mol. The Bertz CT molecular complexity index is 1140. The number of carbonyl (C=O) groups excluding carboxylic acids is 1. The molecule has 2 aromatic carbocycles. The number of carbonyl (C=O) groups is 1. The fourth-order valence-corrected chi connectivity index (χ4v) is 4.51. The minimum Gasteiger partial charge on any atom is -0.497 e. The van der Waals surface area contributed by atoms with Crippen LogP contribution in [0.5, 0.6) is 5.75 Å². The third-order valence-electron chi connectivity index (χ3n) is 4.23. The smallest absolute Gasteiger partial charge is 0.234 e. The molecule has 29 heavy (non-hydrogen) atoms. The SMILES string of the molecule is COc1ccc(-c2csc3nc(SCC(=O)Nc4ccccc4)nc(N)c23)cc1. The molecule has 4 aromatic rings. The van der Waals surface area contributed by atoms with E-state index in [-0.39, 0.29) is 11.7 Å². The zero-order valence-electron chi connectivity index (χ0n) is 15.6. The number of ether oxygens (including phenoxy) is 1. The molecule has 0 aliphatic carbocycles. The molecule has 2 heterocycles. The molecule has 4 rings (SSSR count). The lowest BCUT2D eigenvalue weighted by molar-refractivity contribution is -0.113. The van der Waals surface area contributed by atoms with Crippen LogP contribution in [0.3, 0.4) is 0 Å². The molecule has 0 unspecified atom stereocenters. The summed E-state index contributed by atoms with van der Waals surface area (Å²) in [6.45, 7) is 0. The maximum atomic E-state index is 12.1. The van der Waals surface area contributed by atoms with Gasteiger partial charge in [-0.15, -0.1) is 11.3 Å². The monoisotopic (exact) mass is 422 g/mol. The highest BCUT2D eigenvalue weighted by Crippen LogP contribution is 2.37. The first-order chi connectivity index (χ1) is 14.1. The molecule has 0 saturated heterocycles. The number of para-hydroxylation sites is 1. The molecule has 0 bridgehead atoms. The Labute approximate surface area is 176 Å². The molecule has 0 aliphatic heterocycles. The molecule has 0 atom stereocenters. The number of nitrogens with one attached hydrogen (secondary N) is 1. The Morgan fingerprint density at radius 1 is 1.14 bits per heavy atom. The van der Waals surface area contributed by atoms with Crippen LogP contribution in [0, 0.1) is 0 Å². The number of hydrogen-bond acceptors (Lipinski definition) is 7. The summed E-state index contributed by atoms with van der Waals surface area (Å²) in [4.78, 5) is 21.9. The van der Waals surface area contributed by atoms with Gasteiger partial charge in [0.15, 0.2) is 5.16 Å². The van der Waals surface area contributed by atoms with Gasteiger partial charge in [0.1, 0.15) is 16.4 Å². The number of methoxy groups -OCH3 is 1. The van der Waals surface area contributed by atoms with Crippen molar-refractivity contribution in [2.24, 2.45) is 0 Å². The van der Waals surface area contributed by atoms with Crippen LogP contribution in [0.25, 0.3) is 21.3 Å². The second-order valence-corrected chi connectivity index (χ2v) is 7.95. The molecule has 1 amide bonds. The van der Waals surface area contributed by atoms with Crippen molar-refractivity contribution in [2.45, 2.75) is 5.16 Å². The number of rotatable bonds is 6. The third-order valence-corrected chi connectivity index (χ3v) is 5.95. The Morgan fingerprint density at radius 2 is 1.90 bits per heavy atom. The summed E-state index contributed by atoms with van der Waals surface area (Å²) in [5.74, 6) is 1.29. The molecular formula is C21H18N4O2S2. The van der Waals surface area contributed by atoms with Crippen LogP contribution in [0.1, 0.15) is 0 Å². The van der Waals surface area contributed by atoms with Crippen LogP contribution in [0.4, 0.5) is 11.5 Å². The van der Waals surface area contributed by atoms with Gasteiger partial charge >= 0.3 is 0 Å². The van der Waals surface area contributed by atoms with E-state index in [9.17, 15) is 4.79 Å². The minimum atomic E-state index is -0.117. The summed E-state index contributed by atoms with van der Waals surface area (Å²) in [6, 6.07) is 17.1. The number of anilines is 2. The highest BCUT2D eigenvalue weighted by Gasteiger charge is 2.15. The topological polar surface area (TPSA) is 90.1 Å². The summed E-state index contributed by atoms with van der Waals surface area (Å²) < 4.78 is 5.21. The zero-order valence-corrected chi connectivity index (χ0v) is 17.2. The molecule has 2 aromatic heterocycles. The summed E-state index contributed by atoms with van der Waals surface area (Å²) >= 11 is 2.77. The number of fused-ring (bicyclic) bond motifs is 1. The molecule has 0 aliphatic rings. The van der Waals surface area contributed by atoms with Crippen LogP contribution in [-0.2, 0) is 4.79 Å². The number of nitrogens with two attached hydrogens (primary N) is 1. The van der Waals surface area contributed by atoms with E-state index in [1.807, 2.05) is 60.0 Å². The molecule has 0 radical (unpaired) electrons. The van der Waals surface area contributed by atoms with Crippen molar-refractivity contribution in [3.05, 3.63) is 60.0 Å². The lowest BCUT2D eigenvalue weighted by Crippen LogP contribution is -2.14. The van der Waals surface area contributed by atoms with Gasteiger partial charge in [-0.3, -0.25) is 4.79 Å². The van der Waals surface area contributed by atoms with E-state index in [1.165, 1.54) is 23.1 Å². The fourth-order valence-electron chi connectivity index (χ4n) is 2.84. The van der Waals surface area contributed by atoms with Gasteiger partial charge in [0.05, 0.1) is 18.2 Å². The molecule has 146 valence electrons. The molecule has 8 heteroatoms. The normalized spacial score (nSPS) is 10.8. The van der Waals surface area contributed by atoms with Gasteiger partial charge in [-0.05, 0) is 29.8 Å². The highest BCUT2D eigenvalue weighted by molar-refractivity contribution is 7.99. The minimum absolute atomic E-state index is 0.117. The van der Waals surface area contributed by atoms with Crippen LogP contribution < -0.4 is 15.8 Å². The lowest BCUT2D eigenvalue weighted by atomic mass is 10.1. The first-order valence-electron chi connectivity index (χ1n) is 8.81. The van der Waals surface area contributed by atoms with Crippen molar-refractivity contribution >= 4 is 50.7 Å².